The van der Waals surface area contributed by atoms with Crippen LogP contribution in [-0.2, 0) is 6.42 Å². The molecule has 1 saturated carbocycles. The summed E-state index contributed by atoms with van der Waals surface area (Å²) in [6.07, 6.45) is 12.3. The number of aryl methyl sites for hydroxylation is 1. The van der Waals surface area contributed by atoms with Crippen molar-refractivity contribution in [2.45, 2.75) is 76.4 Å². The lowest BCUT2D eigenvalue weighted by atomic mass is 9.88. The van der Waals surface area contributed by atoms with E-state index in [1.54, 1.807) is 6.26 Å². The molecule has 4 unspecified atom stereocenters. The second-order valence-electron chi connectivity index (χ2n) is 6.94. The van der Waals surface area contributed by atoms with Gasteiger partial charge in [0.15, 0.2) is 0 Å². The van der Waals surface area contributed by atoms with Crippen LogP contribution in [0.1, 0.15) is 57.6 Å². The Balaban J connectivity index is 1.46. The van der Waals surface area contributed by atoms with E-state index in [-0.39, 0.29) is 0 Å². The second-order valence-corrected chi connectivity index (χ2v) is 6.94. The average Bonchev–Trinajstić information content (AvgIpc) is 3.17. The fourth-order valence-corrected chi connectivity index (χ4v) is 4.18. The lowest BCUT2D eigenvalue weighted by Gasteiger charge is -2.34. The maximum atomic E-state index is 5.43. The molecule has 2 aliphatic rings. The molecule has 1 aromatic heterocycles. The largest absolute Gasteiger partial charge is 0.469 e. The van der Waals surface area contributed by atoms with Gasteiger partial charge < -0.3 is 15.1 Å². The van der Waals surface area contributed by atoms with E-state index in [0.29, 0.717) is 12.1 Å². The lowest BCUT2D eigenvalue weighted by Crippen LogP contribution is -2.48. The molecule has 2 heterocycles. The van der Waals surface area contributed by atoms with Crippen molar-refractivity contribution in [2.75, 3.05) is 6.54 Å². The number of piperidine rings is 1. The second kappa shape index (κ2) is 7.46. The SMILES string of the molecule is CC(CCc1ccco1)NC1CCCC1C1CCCCN1. The highest BCUT2D eigenvalue weighted by molar-refractivity contribution is 4.99. The molecular formula is C18H30N2O. The zero-order chi connectivity index (χ0) is 14.5. The van der Waals surface area contributed by atoms with Crippen LogP contribution in [0.25, 0.3) is 0 Å². The molecule has 0 amide bonds. The van der Waals surface area contributed by atoms with Crippen LogP contribution in [0.4, 0.5) is 0 Å². The van der Waals surface area contributed by atoms with Gasteiger partial charge in [-0.25, -0.2) is 0 Å². The van der Waals surface area contributed by atoms with Crippen LogP contribution in [0.15, 0.2) is 22.8 Å². The van der Waals surface area contributed by atoms with Crippen LogP contribution in [0.2, 0.25) is 0 Å². The zero-order valence-electron chi connectivity index (χ0n) is 13.3. The molecule has 3 heteroatoms. The lowest BCUT2D eigenvalue weighted by molar-refractivity contribution is 0.245. The smallest absolute Gasteiger partial charge is 0.103 e. The van der Waals surface area contributed by atoms with Crippen molar-refractivity contribution in [3.63, 3.8) is 0 Å². The van der Waals surface area contributed by atoms with E-state index in [1.807, 2.05) is 6.07 Å². The highest BCUT2D eigenvalue weighted by atomic mass is 16.3. The molecule has 1 aliphatic carbocycles. The molecule has 2 fully saturated rings. The van der Waals surface area contributed by atoms with Gasteiger partial charge in [-0.05, 0) is 63.6 Å². The van der Waals surface area contributed by atoms with E-state index in [0.717, 1.165) is 30.6 Å². The standard InChI is InChI=1S/C18H30N2O/c1-14(10-11-15-6-5-13-21-15)20-18-9-4-7-16(18)17-8-2-3-12-19-17/h5-6,13-14,16-20H,2-4,7-12H2,1H3. The van der Waals surface area contributed by atoms with Crippen molar-refractivity contribution in [3.8, 4) is 0 Å². The van der Waals surface area contributed by atoms with E-state index in [2.05, 4.69) is 23.6 Å². The first-order valence-electron chi connectivity index (χ1n) is 8.85. The van der Waals surface area contributed by atoms with Gasteiger partial charge in [0, 0.05) is 24.5 Å². The van der Waals surface area contributed by atoms with E-state index < -0.39 is 0 Å². The Morgan fingerprint density at radius 2 is 2.24 bits per heavy atom. The van der Waals surface area contributed by atoms with Crippen molar-refractivity contribution in [1.82, 2.24) is 10.6 Å². The molecule has 1 aromatic rings. The number of hydrogen-bond donors (Lipinski definition) is 2. The number of hydrogen-bond acceptors (Lipinski definition) is 3. The van der Waals surface area contributed by atoms with E-state index in [4.69, 9.17) is 4.42 Å². The predicted molar refractivity (Wildman–Crippen MR) is 86.4 cm³/mol. The van der Waals surface area contributed by atoms with E-state index in [1.165, 1.54) is 45.1 Å². The summed E-state index contributed by atoms with van der Waals surface area (Å²) < 4.78 is 5.43. The van der Waals surface area contributed by atoms with Gasteiger partial charge in [0.25, 0.3) is 0 Å². The Kier molecular flexibility index (Phi) is 5.37. The maximum Gasteiger partial charge on any atom is 0.103 e. The number of rotatable bonds is 6. The molecule has 3 rings (SSSR count). The van der Waals surface area contributed by atoms with Crippen molar-refractivity contribution < 1.29 is 4.42 Å². The number of furan rings is 1. The highest BCUT2D eigenvalue weighted by Crippen LogP contribution is 2.32. The molecule has 0 bridgehead atoms. The molecule has 118 valence electrons. The molecule has 0 radical (unpaired) electrons. The van der Waals surface area contributed by atoms with Crippen LogP contribution < -0.4 is 10.6 Å². The van der Waals surface area contributed by atoms with Gasteiger partial charge in [-0.15, -0.1) is 0 Å². The quantitative estimate of drug-likeness (QED) is 0.842. The zero-order valence-corrected chi connectivity index (χ0v) is 13.3. The predicted octanol–water partition coefficient (Wildman–Crippen LogP) is 3.50. The van der Waals surface area contributed by atoms with Crippen molar-refractivity contribution in [2.24, 2.45) is 5.92 Å². The molecule has 3 nitrogen and oxygen atoms in total. The van der Waals surface area contributed by atoms with Gasteiger partial charge in [-0.1, -0.05) is 12.8 Å². The van der Waals surface area contributed by atoms with Crippen molar-refractivity contribution in [1.29, 1.82) is 0 Å². The minimum Gasteiger partial charge on any atom is -0.469 e. The normalized spacial score (nSPS) is 31.4. The fourth-order valence-electron chi connectivity index (χ4n) is 4.18. The van der Waals surface area contributed by atoms with Gasteiger partial charge in [0.1, 0.15) is 5.76 Å². The summed E-state index contributed by atoms with van der Waals surface area (Å²) in [7, 11) is 0. The van der Waals surface area contributed by atoms with E-state index >= 15 is 0 Å². The topological polar surface area (TPSA) is 37.2 Å². The first kappa shape index (κ1) is 15.1. The van der Waals surface area contributed by atoms with Crippen LogP contribution >= 0.6 is 0 Å². The summed E-state index contributed by atoms with van der Waals surface area (Å²) in [5.74, 6) is 1.96. The molecule has 2 N–H and O–H groups in total. The van der Waals surface area contributed by atoms with Crippen LogP contribution in [0.5, 0.6) is 0 Å². The summed E-state index contributed by atoms with van der Waals surface area (Å²) in [4.78, 5) is 0. The summed E-state index contributed by atoms with van der Waals surface area (Å²) >= 11 is 0. The summed E-state index contributed by atoms with van der Waals surface area (Å²) in [6.45, 7) is 3.55. The summed E-state index contributed by atoms with van der Waals surface area (Å²) in [5, 5.41) is 7.67. The van der Waals surface area contributed by atoms with Crippen LogP contribution in [-0.4, -0.2) is 24.7 Å². The maximum absolute atomic E-state index is 5.43. The first-order chi connectivity index (χ1) is 10.3. The third kappa shape index (κ3) is 4.10. The Bertz CT molecular complexity index is 397. The Labute approximate surface area is 128 Å². The molecule has 1 saturated heterocycles. The summed E-state index contributed by atoms with van der Waals surface area (Å²) in [6, 6.07) is 6.11. The third-order valence-electron chi connectivity index (χ3n) is 5.34. The minimum atomic E-state index is 0.573. The average molecular weight is 290 g/mol. The molecule has 4 atom stereocenters. The Morgan fingerprint density at radius 3 is 3.00 bits per heavy atom. The summed E-state index contributed by atoms with van der Waals surface area (Å²) in [5.41, 5.74) is 0. The monoisotopic (exact) mass is 290 g/mol. The Morgan fingerprint density at radius 1 is 1.29 bits per heavy atom. The van der Waals surface area contributed by atoms with Crippen molar-refractivity contribution in [3.05, 3.63) is 24.2 Å². The van der Waals surface area contributed by atoms with Crippen LogP contribution in [0, 0.1) is 5.92 Å². The molecule has 1 aliphatic heterocycles. The highest BCUT2D eigenvalue weighted by Gasteiger charge is 2.34. The van der Waals surface area contributed by atoms with Gasteiger partial charge in [0.05, 0.1) is 6.26 Å². The van der Waals surface area contributed by atoms with Gasteiger partial charge >= 0.3 is 0 Å². The van der Waals surface area contributed by atoms with Gasteiger partial charge in [-0.2, -0.15) is 0 Å². The Hall–Kier alpha value is -0.800. The number of nitrogens with one attached hydrogen (secondary N) is 2. The fraction of sp³-hybridized carbons (Fsp3) is 0.778. The molecule has 0 aromatic carbocycles. The minimum absolute atomic E-state index is 0.573. The molecule has 0 spiro atoms. The van der Waals surface area contributed by atoms with Gasteiger partial charge in [0.2, 0.25) is 0 Å². The van der Waals surface area contributed by atoms with Crippen LogP contribution in [0.3, 0.4) is 0 Å². The molecular weight excluding hydrogens is 260 g/mol. The van der Waals surface area contributed by atoms with Gasteiger partial charge in [-0.3, -0.25) is 0 Å². The van der Waals surface area contributed by atoms with Crippen molar-refractivity contribution >= 4 is 0 Å². The van der Waals surface area contributed by atoms with E-state index in [9.17, 15) is 0 Å². The third-order valence-corrected chi connectivity index (χ3v) is 5.34. The first-order valence-corrected chi connectivity index (χ1v) is 8.85. The molecule has 21 heavy (non-hydrogen) atoms.